The molecule has 0 spiro atoms. The lowest BCUT2D eigenvalue weighted by molar-refractivity contribution is 0.0600. The fourth-order valence-electron chi connectivity index (χ4n) is 4.26. The number of aromatic nitrogens is 4. The van der Waals surface area contributed by atoms with Gasteiger partial charge in [-0.3, -0.25) is 4.79 Å². The van der Waals surface area contributed by atoms with Crippen molar-refractivity contribution < 1.29 is 9.53 Å². The van der Waals surface area contributed by atoms with Gasteiger partial charge in [0.15, 0.2) is 0 Å². The maximum Gasteiger partial charge on any atom is 0.341 e. The SMILES string of the molecule is COC(=O)c1cn(CCc2c[nH]c3ccc(C)cc23)cc2c(=O)n(-c3ccccc3C)nc1-2. The Morgan fingerprint density at radius 2 is 1.94 bits per heavy atom. The van der Waals surface area contributed by atoms with Crippen LogP contribution in [0.2, 0.25) is 0 Å². The molecule has 0 radical (unpaired) electrons. The topological polar surface area (TPSA) is 81.9 Å². The lowest BCUT2D eigenvalue weighted by Crippen LogP contribution is -2.16. The summed E-state index contributed by atoms with van der Waals surface area (Å²) in [7, 11) is 1.33. The van der Waals surface area contributed by atoms with E-state index in [0.717, 1.165) is 17.5 Å². The number of rotatable bonds is 5. The Labute approximate surface area is 190 Å². The third-order valence-electron chi connectivity index (χ3n) is 6.03. The minimum Gasteiger partial charge on any atom is -0.465 e. The molecule has 5 rings (SSSR count). The lowest BCUT2D eigenvalue weighted by atomic mass is 10.1. The van der Waals surface area contributed by atoms with Crippen LogP contribution < -0.4 is 5.56 Å². The first-order valence-electron chi connectivity index (χ1n) is 10.8. The molecular weight excluding hydrogens is 416 g/mol. The number of esters is 1. The second-order valence-corrected chi connectivity index (χ2v) is 8.28. The van der Waals surface area contributed by atoms with Gasteiger partial charge in [0.1, 0.15) is 11.3 Å². The van der Waals surface area contributed by atoms with Crippen molar-refractivity contribution in [2.24, 2.45) is 0 Å². The molecule has 166 valence electrons. The van der Waals surface area contributed by atoms with Crippen molar-refractivity contribution in [3.05, 3.63) is 93.7 Å². The first-order valence-corrected chi connectivity index (χ1v) is 10.8. The van der Waals surface area contributed by atoms with Crippen LogP contribution in [0.4, 0.5) is 0 Å². The van der Waals surface area contributed by atoms with E-state index in [-0.39, 0.29) is 11.1 Å². The van der Waals surface area contributed by atoms with Gasteiger partial charge in [0.05, 0.1) is 18.4 Å². The molecule has 0 fully saturated rings. The quantitative estimate of drug-likeness (QED) is 0.414. The number of nitrogens with one attached hydrogen (secondary N) is 1. The number of pyridine rings is 1. The number of benzene rings is 2. The van der Waals surface area contributed by atoms with Crippen molar-refractivity contribution in [3.63, 3.8) is 0 Å². The Kier molecular flexibility index (Phi) is 5.09. The first kappa shape index (κ1) is 20.8. The van der Waals surface area contributed by atoms with Crippen molar-refractivity contribution in [2.75, 3.05) is 7.11 Å². The second-order valence-electron chi connectivity index (χ2n) is 8.28. The monoisotopic (exact) mass is 440 g/mol. The molecule has 0 saturated heterocycles. The molecule has 0 bridgehead atoms. The maximum atomic E-state index is 13.3. The smallest absolute Gasteiger partial charge is 0.341 e. The number of hydrogen-bond donors (Lipinski definition) is 1. The normalized spacial score (nSPS) is 11.4. The summed E-state index contributed by atoms with van der Waals surface area (Å²) in [4.78, 5) is 29.1. The Morgan fingerprint density at radius 1 is 1.12 bits per heavy atom. The number of aromatic amines is 1. The minimum absolute atomic E-state index is 0.262. The molecule has 33 heavy (non-hydrogen) atoms. The van der Waals surface area contributed by atoms with E-state index in [0.29, 0.717) is 23.5 Å². The van der Waals surface area contributed by atoms with Crippen molar-refractivity contribution in [1.29, 1.82) is 0 Å². The number of carbonyl (C=O) groups is 1. The fraction of sp³-hybridized carbons (Fsp3) is 0.192. The van der Waals surface area contributed by atoms with Crippen molar-refractivity contribution >= 4 is 16.9 Å². The summed E-state index contributed by atoms with van der Waals surface area (Å²) in [6.07, 6.45) is 6.23. The van der Waals surface area contributed by atoms with E-state index in [4.69, 9.17) is 4.74 Å². The van der Waals surface area contributed by atoms with Gasteiger partial charge in [-0.1, -0.05) is 29.8 Å². The van der Waals surface area contributed by atoms with Crippen LogP contribution in [-0.4, -0.2) is 32.4 Å². The van der Waals surface area contributed by atoms with Crippen LogP contribution in [0.1, 0.15) is 27.0 Å². The summed E-state index contributed by atoms with van der Waals surface area (Å²) in [5.41, 5.74) is 5.82. The van der Waals surface area contributed by atoms with Crippen molar-refractivity contribution in [1.82, 2.24) is 19.3 Å². The van der Waals surface area contributed by atoms with Crippen molar-refractivity contribution in [2.45, 2.75) is 26.8 Å². The summed E-state index contributed by atoms with van der Waals surface area (Å²) in [6, 6.07) is 13.9. The largest absolute Gasteiger partial charge is 0.465 e. The number of ether oxygens (including phenoxy) is 1. The predicted octanol–water partition coefficient (Wildman–Crippen LogP) is 4.27. The molecule has 1 N–H and O–H groups in total. The molecule has 0 unspecified atom stereocenters. The molecule has 2 aliphatic rings. The van der Waals surface area contributed by atoms with Crippen LogP contribution >= 0.6 is 0 Å². The Balaban J connectivity index is 1.58. The fourth-order valence-corrected chi connectivity index (χ4v) is 4.26. The van der Waals surface area contributed by atoms with E-state index in [9.17, 15) is 9.59 Å². The van der Waals surface area contributed by atoms with Crippen LogP contribution in [0.5, 0.6) is 0 Å². The number of hydrogen-bond acceptors (Lipinski definition) is 4. The molecule has 7 nitrogen and oxygen atoms in total. The van der Waals surface area contributed by atoms with Crippen LogP contribution in [0.25, 0.3) is 27.8 Å². The van der Waals surface area contributed by atoms with Crippen LogP contribution in [0.15, 0.2) is 65.8 Å². The number of para-hydroxylation sites is 1. The highest BCUT2D eigenvalue weighted by atomic mass is 16.5. The van der Waals surface area contributed by atoms with Gasteiger partial charge in [-0.15, -0.1) is 0 Å². The zero-order valence-corrected chi connectivity index (χ0v) is 18.8. The van der Waals surface area contributed by atoms with Gasteiger partial charge in [-0.25, -0.2) is 4.79 Å². The molecule has 3 aromatic rings. The van der Waals surface area contributed by atoms with E-state index in [1.165, 1.54) is 28.3 Å². The maximum absolute atomic E-state index is 13.3. The molecule has 0 saturated carbocycles. The predicted molar refractivity (Wildman–Crippen MR) is 127 cm³/mol. The summed E-state index contributed by atoms with van der Waals surface area (Å²) in [6.45, 7) is 4.59. The van der Waals surface area contributed by atoms with Gasteiger partial charge in [0, 0.05) is 36.0 Å². The van der Waals surface area contributed by atoms with E-state index in [1.807, 2.05) is 42.0 Å². The first-order chi connectivity index (χ1) is 16.0. The van der Waals surface area contributed by atoms with Crippen LogP contribution in [-0.2, 0) is 17.7 Å². The highest BCUT2D eigenvalue weighted by Crippen LogP contribution is 2.25. The lowest BCUT2D eigenvalue weighted by Gasteiger charge is -2.11. The molecule has 2 aliphatic heterocycles. The summed E-state index contributed by atoms with van der Waals surface area (Å²) in [5.74, 6) is -0.522. The zero-order chi connectivity index (χ0) is 23.1. The second kappa shape index (κ2) is 8.09. The van der Waals surface area contributed by atoms with Gasteiger partial charge < -0.3 is 14.3 Å². The number of nitrogens with zero attached hydrogens (tertiary/aromatic N) is 3. The molecule has 3 heterocycles. The van der Waals surface area contributed by atoms with Gasteiger partial charge >= 0.3 is 5.97 Å². The Bertz CT molecular complexity index is 1520. The third-order valence-corrected chi connectivity index (χ3v) is 6.03. The number of H-pyrrole nitrogens is 1. The Hall–Kier alpha value is -4.13. The standard InChI is InChI=1S/C26H24N4O3/c1-16-8-9-22-19(12-16)18(13-27-22)10-11-29-14-20-24(21(15-29)26(32)33-3)28-30(25(20)31)23-7-5-4-6-17(23)2/h4-9,12-15,27H,10-11H2,1-3H3. The van der Waals surface area contributed by atoms with Crippen molar-refractivity contribution in [3.8, 4) is 16.9 Å². The third kappa shape index (κ3) is 3.61. The van der Waals surface area contributed by atoms with Crippen LogP contribution in [0, 0.1) is 13.8 Å². The average Bonchev–Trinajstić information content (AvgIpc) is 3.37. The molecular formula is C26H24N4O3. The molecule has 0 atom stereocenters. The molecule has 2 aromatic carbocycles. The summed E-state index contributed by atoms with van der Waals surface area (Å²) >= 11 is 0. The Morgan fingerprint density at radius 3 is 2.73 bits per heavy atom. The van der Waals surface area contributed by atoms with E-state index >= 15 is 0 Å². The number of aryl methyl sites for hydroxylation is 4. The molecule has 1 aromatic heterocycles. The summed E-state index contributed by atoms with van der Waals surface area (Å²) in [5, 5.41) is 5.68. The molecule has 0 amide bonds. The van der Waals surface area contributed by atoms with E-state index in [1.54, 1.807) is 12.4 Å². The van der Waals surface area contributed by atoms with Gasteiger partial charge in [-0.05, 0) is 49.6 Å². The number of carbonyl (C=O) groups excluding carboxylic acids is 1. The average molecular weight is 441 g/mol. The number of fused-ring (bicyclic) bond motifs is 2. The summed E-state index contributed by atoms with van der Waals surface area (Å²) < 4.78 is 8.22. The molecule has 7 heteroatoms. The van der Waals surface area contributed by atoms with Crippen LogP contribution in [0.3, 0.4) is 0 Å². The van der Waals surface area contributed by atoms with Gasteiger partial charge in [0.25, 0.3) is 5.56 Å². The minimum atomic E-state index is -0.522. The number of methoxy groups -OCH3 is 1. The van der Waals surface area contributed by atoms with Gasteiger partial charge in [0.2, 0.25) is 0 Å². The van der Waals surface area contributed by atoms with Gasteiger partial charge in [-0.2, -0.15) is 9.78 Å². The highest BCUT2D eigenvalue weighted by Gasteiger charge is 2.25. The van der Waals surface area contributed by atoms with E-state index in [2.05, 4.69) is 35.2 Å². The molecule has 0 aliphatic carbocycles. The van der Waals surface area contributed by atoms with E-state index < -0.39 is 5.97 Å². The zero-order valence-electron chi connectivity index (χ0n) is 18.8. The highest BCUT2D eigenvalue weighted by molar-refractivity contribution is 5.96.